The quantitative estimate of drug-likeness (QED) is 0.107. The molecular formula is C15H19N2Na3O18P2. The van der Waals surface area contributed by atoms with E-state index in [1.165, 1.54) is 0 Å². The first kappa shape index (κ1) is 41.1. The zero-order valence-electron chi connectivity index (χ0n) is 20.9. The van der Waals surface area contributed by atoms with Crippen molar-refractivity contribution in [2.75, 3.05) is 6.61 Å². The number of rotatable bonds is 9. The van der Waals surface area contributed by atoms with Gasteiger partial charge < -0.3 is 59.2 Å². The van der Waals surface area contributed by atoms with Gasteiger partial charge in [-0.1, -0.05) is 0 Å². The maximum absolute atomic E-state index is 12.0. The molecule has 0 bridgehead atoms. The maximum Gasteiger partial charge on any atom is 1.00 e. The van der Waals surface area contributed by atoms with E-state index >= 15 is 0 Å². The van der Waals surface area contributed by atoms with Crippen LogP contribution in [0.5, 0.6) is 0 Å². The van der Waals surface area contributed by atoms with Gasteiger partial charge in [0, 0.05) is 12.3 Å². The number of aromatic nitrogens is 2. The second-order valence-electron chi connectivity index (χ2n) is 7.66. The Balaban J connectivity index is 0.00000507. The number of hydrogen-bond donors (Lipinski definition) is 6. The number of carbonyl (C=O) groups is 1. The van der Waals surface area contributed by atoms with Crippen molar-refractivity contribution in [2.45, 2.75) is 55.2 Å². The van der Waals surface area contributed by atoms with Gasteiger partial charge >= 0.3 is 94.4 Å². The summed E-state index contributed by atoms with van der Waals surface area (Å²) in [5, 5.41) is 60.0. The molecule has 2 aliphatic heterocycles. The number of aliphatic hydroxyl groups is 5. The molecule has 0 saturated carbocycles. The van der Waals surface area contributed by atoms with Gasteiger partial charge in [0.2, 0.25) is 0 Å². The second-order valence-corrected chi connectivity index (χ2v) is 10.6. The fourth-order valence-corrected chi connectivity index (χ4v) is 5.39. The Morgan fingerprint density at radius 2 is 1.55 bits per heavy atom. The topological polar surface area (TPSA) is 323 Å². The number of H-pyrrole nitrogens is 1. The predicted octanol–water partition coefficient (Wildman–Crippen LogP) is -16.3. The first-order chi connectivity index (χ1) is 17.0. The van der Waals surface area contributed by atoms with Gasteiger partial charge in [0.25, 0.3) is 21.2 Å². The molecular weight excluding hydrogens is 627 g/mol. The third kappa shape index (κ3) is 10.1. The molecule has 2 fully saturated rings. The van der Waals surface area contributed by atoms with Gasteiger partial charge in [-0.3, -0.25) is 28.0 Å². The van der Waals surface area contributed by atoms with Gasteiger partial charge in [-0.25, -0.2) is 9.11 Å². The Morgan fingerprint density at radius 3 is 2.10 bits per heavy atom. The van der Waals surface area contributed by atoms with Crippen LogP contribution in [0.15, 0.2) is 21.9 Å². The van der Waals surface area contributed by atoms with E-state index in [0.717, 1.165) is 12.3 Å². The summed E-state index contributed by atoms with van der Waals surface area (Å²) < 4.78 is 46.5. The fraction of sp³-hybridized carbons (Fsp3) is 0.667. The number of phosphoric acid groups is 2. The van der Waals surface area contributed by atoms with E-state index in [1.807, 2.05) is 4.98 Å². The zero-order chi connectivity index (χ0) is 27.9. The molecule has 210 valence electrons. The van der Waals surface area contributed by atoms with Crippen LogP contribution in [-0.2, 0) is 36.8 Å². The average molecular weight is 646 g/mol. The standard InChI is InChI=1S/C15H22N2O18P2.3Na/c18-5-1-2-17(15(26)16-5)12-9(22)6(19)4(32-12)3-31-36(27,28)35-37(29,30)34-14-10(23)7(20)8(21)11(33-14)13(24)25;;;/h1-2,4,6-12,14,19-23H,3H2,(H,24,25)(H,27,28)(H,29,30)(H,16,18,26);;;/q;3*+1/p-3/t4-,6+,7+,8-,9?,10-,11+,12-,14-;;;/m1.../s1. The molecule has 0 radical (unpaired) electrons. The van der Waals surface area contributed by atoms with Gasteiger partial charge in [0.05, 0.1) is 12.6 Å². The minimum atomic E-state index is -6.06. The van der Waals surface area contributed by atoms with Crippen molar-refractivity contribution in [1.82, 2.24) is 9.55 Å². The number of aliphatic hydroxyl groups excluding tert-OH is 5. The third-order valence-electron chi connectivity index (χ3n) is 5.09. The number of ether oxygens (including phenoxy) is 2. The summed E-state index contributed by atoms with van der Waals surface area (Å²) in [6, 6.07) is 0.890. The summed E-state index contributed by atoms with van der Waals surface area (Å²) >= 11 is 0. The monoisotopic (exact) mass is 646 g/mol. The van der Waals surface area contributed by atoms with Crippen LogP contribution in [0.4, 0.5) is 0 Å². The van der Waals surface area contributed by atoms with Crippen molar-refractivity contribution in [2.24, 2.45) is 0 Å². The van der Waals surface area contributed by atoms with Crippen LogP contribution in [-0.4, -0.2) is 96.7 Å². The Morgan fingerprint density at radius 1 is 0.950 bits per heavy atom. The van der Waals surface area contributed by atoms with E-state index in [1.54, 1.807) is 0 Å². The molecule has 1 aromatic heterocycles. The van der Waals surface area contributed by atoms with E-state index < -0.39 is 94.7 Å². The van der Waals surface area contributed by atoms with Crippen LogP contribution in [0.1, 0.15) is 6.23 Å². The largest absolute Gasteiger partial charge is 1.00 e. The van der Waals surface area contributed by atoms with Crippen LogP contribution >= 0.6 is 15.6 Å². The fourth-order valence-electron chi connectivity index (χ4n) is 3.31. The predicted molar refractivity (Wildman–Crippen MR) is 102 cm³/mol. The summed E-state index contributed by atoms with van der Waals surface area (Å²) in [4.78, 5) is 59.8. The first-order valence-corrected chi connectivity index (χ1v) is 12.8. The van der Waals surface area contributed by atoms with Gasteiger partial charge in [-0.05, 0) is 0 Å². The van der Waals surface area contributed by atoms with E-state index in [9.17, 15) is 63.9 Å². The zero-order valence-corrected chi connectivity index (χ0v) is 28.7. The van der Waals surface area contributed by atoms with Gasteiger partial charge in [0.15, 0.2) is 12.5 Å². The van der Waals surface area contributed by atoms with Gasteiger partial charge in [-0.15, -0.1) is 0 Å². The number of carboxylic acids is 1. The Bertz CT molecular complexity index is 1220. The molecule has 20 nitrogen and oxygen atoms in total. The first-order valence-electron chi connectivity index (χ1n) is 9.93. The number of phosphoric ester groups is 2. The average Bonchev–Trinajstić information content (AvgIpc) is 3.05. The smallest absolute Gasteiger partial charge is 0.756 e. The third-order valence-corrected chi connectivity index (χ3v) is 7.63. The molecule has 25 heteroatoms. The molecule has 3 heterocycles. The van der Waals surface area contributed by atoms with E-state index in [2.05, 4.69) is 18.1 Å². The van der Waals surface area contributed by atoms with Crippen molar-refractivity contribution in [1.29, 1.82) is 0 Å². The van der Waals surface area contributed by atoms with Crippen LogP contribution in [0.3, 0.4) is 0 Å². The Labute approximate surface area is 289 Å². The van der Waals surface area contributed by atoms with Gasteiger partial charge in [0.1, 0.15) is 42.7 Å². The van der Waals surface area contributed by atoms with Crippen molar-refractivity contribution >= 4 is 21.6 Å². The maximum atomic E-state index is 12.0. The number of nitrogens with zero attached hydrogens (tertiary/aromatic N) is 1. The normalized spacial score (nSPS) is 34.7. The van der Waals surface area contributed by atoms with Crippen molar-refractivity contribution in [3.63, 3.8) is 0 Å². The Hall–Kier alpha value is 1.13. The van der Waals surface area contributed by atoms with Gasteiger partial charge in [-0.2, -0.15) is 0 Å². The molecule has 2 saturated heterocycles. The number of aliphatic carboxylic acids is 1. The number of hydrogen-bond acceptors (Lipinski definition) is 18. The summed E-state index contributed by atoms with van der Waals surface area (Å²) in [5.41, 5.74) is -1.83. The summed E-state index contributed by atoms with van der Waals surface area (Å²) in [7, 11) is -11.9. The van der Waals surface area contributed by atoms with Crippen LogP contribution in [0.2, 0.25) is 0 Å². The molecule has 6 N–H and O–H groups in total. The molecule has 1 aromatic rings. The Kier molecular flexibility index (Phi) is 16.9. The van der Waals surface area contributed by atoms with Crippen molar-refractivity contribution in [3.05, 3.63) is 33.1 Å². The minimum Gasteiger partial charge on any atom is -0.756 e. The van der Waals surface area contributed by atoms with E-state index in [4.69, 9.17) is 4.74 Å². The molecule has 40 heavy (non-hydrogen) atoms. The SMILES string of the molecule is O=C([O-])[C@H]1O[C@H](OP(=O)([O-])OP(=O)([O-])OC[C@H]2O[C@@H](n3ccc(=O)[nH]c3=O)C(O)[C@H]2O)[C@H](O)[C@@H](O)[C@H]1O.[Na+].[Na+].[Na+]. The summed E-state index contributed by atoms with van der Waals surface area (Å²) in [6.45, 7) is -1.17. The van der Waals surface area contributed by atoms with E-state index in [0.29, 0.717) is 4.57 Å². The van der Waals surface area contributed by atoms with Crippen LogP contribution in [0, 0.1) is 0 Å². The number of carboxylic acid groups (broad SMARTS) is 1. The van der Waals surface area contributed by atoms with Crippen LogP contribution < -0.4 is 115 Å². The number of nitrogens with one attached hydrogen (secondary N) is 1. The molecule has 0 amide bonds. The molecule has 3 rings (SSSR count). The molecule has 2 aliphatic rings. The molecule has 0 aliphatic carbocycles. The number of carbonyl (C=O) groups excluding carboxylic acids is 1. The summed E-state index contributed by atoms with van der Waals surface area (Å²) in [6.07, 6.45) is -18.0. The second kappa shape index (κ2) is 16.4. The molecule has 0 spiro atoms. The van der Waals surface area contributed by atoms with E-state index in [-0.39, 0.29) is 88.7 Å². The number of aromatic amines is 1. The molecule has 11 atom stereocenters. The minimum absolute atomic E-state index is 0. The molecule has 3 unspecified atom stereocenters. The summed E-state index contributed by atoms with van der Waals surface area (Å²) in [5.74, 6) is -2.13. The molecule has 0 aromatic carbocycles. The van der Waals surface area contributed by atoms with Crippen LogP contribution in [0.25, 0.3) is 0 Å². The van der Waals surface area contributed by atoms with Crippen molar-refractivity contribution in [3.8, 4) is 0 Å². The van der Waals surface area contributed by atoms with Crippen molar-refractivity contribution < 1.29 is 166 Å².